The molecule has 0 saturated heterocycles. The highest BCUT2D eigenvalue weighted by atomic mass is 32.2. The Morgan fingerprint density at radius 1 is 1.07 bits per heavy atom. The average Bonchev–Trinajstić information content (AvgIpc) is 2.68. The minimum Gasteiger partial charge on any atom is -0.493 e. The van der Waals surface area contributed by atoms with Crippen LogP contribution in [-0.2, 0) is 21.2 Å². The molecule has 0 saturated carbocycles. The molecule has 0 unspecified atom stereocenters. The molecule has 0 fully saturated rings. The molecule has 2 aromatic carbocycles. The molecule has 0 spiro atoms. The topological polar surface area (TPSA) is 93.7 Å². The molecular formula is C19H22F2N2O5S. The summed E-state index contributed by atoms with van der Waals surface area (Å²) in [4.78, 5) is 12.0. The largest absolute Gasteiger partial charge is 0.493 e. The second-order valence-electron chi connectivity index (χ2n) is 5.92. The molecule has 7 nitrogen and oxygen atoms in total. The van der Waals surface area contributed by atoms with Gasteiger partial charge >= 0.3 is 6.61 Å². The highest BCUT2D eigenvalue weighted by Crippen LogP contribution is 2.29. The number of hydrogen-bond acceptors (Lipinski definition) is 5. The maximum absolute atomic E-state index is 12.5. The van der Waals surface area contributed by atoms with Crippen molar-refractivity contribution in [1.82, 2.24) is 10.0 Å². The van der Waals surface area contributed by atoms with Crippen molar-refractivity contribution in [1.29, 1.82) is 0 Å². The van der Waals surface area contributed by atoms with Gasteiger partial charge in [-0.2, -0.15) is 8.78 Å². The number of carbonyl (C=O) groups excluding carboxylic acids is 1. The number of amides is 1. The smallest absolute Gasteiger partial charge is 0.387 e. The average molecular weight is 428 g/mol. The van der Waals surface area contributed by atoms with Crippen molar-refractivity contribution < 1.29 is 31.5 Å². The number of sulfonamides is 1. The molecule has 0 aliphatic rings. The molecule has 2 rings (SSSR count). The Bertz CT molecular complexity index is 908. The van der Waals surface area contributed by atoms with E-state index in [1.54, 1.807) is 24.3 Å². The monoisotopic (exact) mass is 428 g/mol. The van der Waals surface area contributed by atoms with Crippen molar-refractivity contribution in [2.45, 2.75) is 24.3 Å². The minimum absolute atomic E-state index is 0.0333. The van der Waals surface area contributed by atoms with Gasteiger partial charge < -0.3 is 14.8 Å². The molecule has 29 heavy (non-hydrogen) atoms. The summed E-state index contributed by atoms with van der Waals surface area (Å²) in [6.07, 6.45) is 0.347. The van der Waals surface area contributed by atoms with Crippen LogP contribution in [0.2, 0.25) is 0 Å². The van der Waals surface area contributed by atoms with Gasteiger partial charge in [0, 0.05) is 19.5 Å². The maximum Gasteiger partial charge on any atom is 0.387 e. The van der Waals surface area contributed by atoms with E-state index < -0.39 is 16.6 Å². The fourth-order valence-corrected chi connectivity index (χ4v) is 3.53. The predicted molar refractivity (Wildman–Crippen MR) is 103 cm³/mol. The van der Waals surface area contributed by atoms with Crippen molar-refractivity contribution in [3.63, 3.8) is 0 Å². The number of nitrogens with one attached hydrogen (secondary N) is 2. The minimum atomic E-state index is -3.66. The van der Waals surface area contributed by atoms with Gasteiger partial charge in [-0.3, -0.25) is 4.79 Å². The van der Waals surface area contributed by atoms with Gasteiger partial charge in [-0.1, -0.05) is 24.3 Å². The number of benzene rings is 2. The number of rotatable bonds is 11. The number of hydrogen-bond donors (Lipinski definition) is 2. The molecule has 0 aliphatic heterocycles. The Hall–Kier alpha value is -2.72. The van der Waals surface area contributed by atoms with E-state index in [2.05, 4.69) is 14.8 Å². The molecule has 158 valence electrons. The normalized spacial score (nSPS) is 11.3. The van der Waals surface area contributed by atoms with Crippen LogP contribution in [0.4, 0.5) is 8.78 Å². The van der Waals surface area contributed by atoms with Crippen LogP contribution in [0.1, 0.15) is 12.0 Å². The van der Waals surface area contributed by atoms with E-state index in [0.717, 1.165) is 0 Å². The zero-order chi connectivity index (χ0) is 21.3. The lowest BCUT2D eigenvalue weighted by atomic mass is 10.1. The lowest BCUT2D eigenvalue weighted by Gasteiger charge is -2.12. The van der Waals surface area contributed by atoms with Crippen LogP contribution in [0.15, 0.2) is 53.4 Å². The van der Waals surface area contributed by atoms with Gasteiger partial charge in [0.25, 0.3) is 0 Å². The van der Waals surface area contributed by atoms with Crippen LogP contribution in [0.25, 0.3) is 0 Å². The summed E-state index contributed by atoms with van der Waals surface area (Å²) in [5, 5.41) is 2.65. The Morgan fingerprint density at radius 3 is 2.45 bits per heavy atom. The Kier molecular flexibility index (Phi) is 8.34. The summed E-state index contributed by atoms with van der Waals surface area (Å²) in [7, 11) is -2.31. The summed E-state index contributed by atoms with van der Waals surface area (Å²) in [6.45, 7) is -2.76. The zero-order valence-corrected chi connectivity index (χ0v) is 16.5. The zero-order valence-electron chi connectivity index (χ0n) is 15.7. The molecule has 0 aromatic heterocycles. The van der Waals surface area contributed by atoms with Crippen molar-refractivity contribution in [2.24, 2.45) is 0 Å². The van der Waals surface area contributed by atoms with Crippen molar-refractivity contribution in [2.75, 3.05) is 20.2 Å². The number of methoxy groups -OCH3 is 1. The summed E-state index contributed by atoms with van der Waals surface area (Å²) in [6, 6.07) is 12.5. The second-order valence-corrected chi connectivity index (χ2v) is 7.69. The van der Waals surface area contributed by atoms with E-state index in [1.165, 1.54) is 31.4 Å². The van der Waals surface area contributed by atoms with Gasteiger partial charge in [-0.15, -0.1) is 0 Å². The van der Waals surface area contributed by atoms with Gasteiger partial charge in [0.05, 0.1) is 12.0 Å². The Labute approximate surface area is 168 Å². The van der Waals surface area contributed by atoms with Crippen molar-refractivity contribution in [3.05, 3.63) is 54.1 Å². The van der Waals surface area contributed by atoms with Crippen LogP contribution < -0.4 is 19.5 Å². The molecule has 0 aliphatic carbocycles. The van der Waals surface area contributed by atoms with Gasteiger partial charge in [-0.05, 0) is 36.2 Å². The van der Waals surface area contributed by atoms with Crippen LogP contribution >= 0.6 is 0 Å². The van der Waals surface area contributed by atoms with Gasteiger partial charge in [0.1, 0.15) is 0 Å². The maximum atomic E-state index is 12.5. The van der Waals surface area contributed by atoms with Crippen molar-refractivity contribution >= 4 is 15.9 Å². The highest BCUT2D eigenvalue weighted by molar-refractivity contribution is 7.89. The fraction of sp³-hybridized carbons (Fsp3) is 0.316. The summed E-state index contributed by atoms with van der Waals surface area (Å²) >= 11 is 0. The molecule has 1 amide bonds. The van der Waals surface area contributed by atoms with Crippen molar-refractivity contribution in [3.8, 4) is 11.5 Å². The SMILES string of the molecule is COc1ccc(CCNC(=O)CCNS(=O)(=O)c2ccccc2)cc1OC(F)F. The van der Waals surface area contributed by atoms with Crippen LogP contribution in [0.5, 0.6) is 11.5 Å². The van der Waals surface area contributed by atoms with Gasteiger partial charge in [0.2, 0.25) is 15.9 Å². The third kappa shape index (κ3) is 7.31. The third-order valence-electron chi connectivity index (χ3n) is 3.88. The van der Waals surface area contributed by atoms with E-state index >= 15 is 0 Å². The molecule has 2 N–H and O–H groups in total. The fourth-order valence-electron chi connectivity index (χ4n) is 2.48. The predicted octanol–water partition coefficient (Wildman–Crippen LogP) is 2.32. The van der Waals surface area contributed by atoms with Crippen LogP contribution in [-0.4, -0.2) is 41.1 Å². The Balaban J connectivity index is 1.77. The number of halogens is 2. The summed E-state index contributed by atoms with van der Waals surface area (Å²) < 4.78 is 60.8. The first-order valence-electron chi connectivity index (χ1n) is 8.75. The number of carbonyl (C=O) groups is 1. The first-order valence-corrected chi connectivity index (χ1v) is 10.2. The lowest BCUT2D eigenvalue weighted by molar-refractivity contribution is -0.120. The summed E-state index contributed by atoms with van der Waals surface area (Å²) in [5.41, 5.74) is 0.673. The van der Waals surface area contributed by atoms with Gasteiger partial charge in [-0.25, -0.2) is 13.1 Å². The third-order valence-corrected chi connectivity index (χ3v) is 5.35. The van der Waals surface area contributed by atoms with Gasteiger partial charge in [0.15, 0.2) is 11.5 Å². The summed E-state index contributed by atoms with van der Waals surface area (Å²) in [5.74, 6) is -0.233. The second kappa shape index (κ2) is 10.7. The van der Waals surface area contributed by atoms with E-state index in [1.807, 2.05) is 0 Å². The number of alkyl halides is 2. The lowest BCUT2D eigenvalue weighted by Crippen LogP contribution is -2.31. The first kappa shape index (κ1) is 22.6. The molecule has 10 heteroatoms. The molecule has 0 bridgehead atoms. The van der Waals surface area contributed by atoms with Crippen LogP contribution in [0.3, 0.4) is 0 Å². The molecular weight excluding hydrogens is 406 g/mol. The number of ether oxygens (including phenoxy) is 2. The first-order chi connectivity index (χ1) is 13.8. The quantitative estimate of drug-likeness (QED) is 0.573. The molecule has 0 atom stereocenters. The molecule has 2 aromatic rings. The van der Waals surface area contributed by atoms with Crippen LogP contribution in [0, 0.1) is 0 Å². The highest BCUT2D eigenvalue weighted by Gasteiger charge is 2.14. The van der Waals surface area contributed by atoms with E-state index in [-0.39, 0.29) is 41.8 Å². The Morgan fingerprint density at radius 2 is 1.79 bits per heavy atom. The van der Waals surface area contributed by atoms with E-state index in [0.29, 0.717) is 12.0 Å². The van der Waals surface area contributed by atoms with E-state index in [9.17, 15) is 22.0 Å². The van der Waals surface area contributed by atoms with E-state index in [4.69, 9.17) is 4.74 Å². The molecule has 0 heterocycles. The standard InChI is InChI=1S/C19H22F2N2O5S/c1-27-16-8-7-14(13-17(16)28-19(20)21)9-11-22-18(24)10-12-23-29(25,26)15-5-3-2-4-6-15/h2-8,13,19,23H,9-12H2,1H3,(H,22,24). The molecule has 0 radical (unpaired) electrons.